The Morgan fingerprint density at radius 1 is 0.931 bits per heavy atom. The summed E-state index contributed by atoms with van der Waals surface area (Å²) in [5.74, 6) is 0.297. The van der Waals surface area contributed by atoms with Crippen molar-refractivity contribution in [3.8, 4) is 5.75 Å². The molecule has 1 aromatic heterocycles. The zero-order valence-corrected chi connectivity index (χ0v) is 16.4. The van der Waals surface area contributed by atoms with Crippen LogP contribution in [-0.4, -0.2) is 22.9 Å². The maximum atomic E-state index is 12.4. The Balaban J connectivity index is 1.56. The molecule has 0 atom stereocenters. The number of anilines is 1. The first-order valence-electron chi connectivity index (χ1n) is 9.36. The number of nitrogens with one attached hydrogen (secondary N) is 2. The van der Waals surface area contributed by atoms with Crippen LogP contribution in [0, 0.1) is 0 Å². The number of aromatic nitrogens is 1. The van der Waals surface area contributed by atoms with Crippen LogP contribution in [0.3, 0.4) is 0 Å². The van der Waals surface area contributed by atoms with Gasteiger partial charge in [0.25, 0.3) is 11.8 Å². The normalized spacial score (nSPS) is 10.4. The van der Waals surface area contributed by atoms with E-state index < -0.39 is 0 Å². The van der Waals surface area contributed by atoms with Crippen LogP contribution in [0.5, 0.6) is 5.75 Å². The predicted molar refractivity (Wildman–Crippen MR) is 112 cm³/mol. The van der Waals surface area contributed by atoms with E-state index in [1.165, 1.54) is 0 Å². The van der Waals surface area contributed by atoms with Gasteiger partial charge in [0, 0.05) is 35.8 Å². The second-order valence-electron chi connectivity index (χ2n) is 6.77. The fourth-order valence-electron chi connectivity index (χ4n) is 2.65. The number of carbonyl (C=O) groups excluding carboxylic acids is 2. The Hall–Kier alpha value is -3.67. The smallest absolute Gasteiger partial charge is 0.255 e. The van der Waals surface area contributed by atoms with Crippen LogP contribution >= 0.6 is 0 Å². The average molecular weight is 389 g/mol. The topological polar surface area (TPSA) is 80.3 Å². The van der Waals surface area contributed by atoms with Crippen molar-refractivity contribution in [1.29, 1.82) is 0 Å². The number of ether oxygens (including phenoxy) is 1. The van der Waals surface area contributed by atoms with Gasteiger partial charge in [0.1, 0.15) is 5.75 Å². The molecule has 1 heterocycles. The quantitative estimate of drug-likeness (QED) is 0.639. The van der Waals surface area contributed by atoms with Crippen molar-refractivity contribution in [1.82, 2.24) is 10.3 Å². The van der Waals surface area contributed by atoms with E-state index in [0.717, 1.165) is 11.3 Å². The molecule has 3 rings (SSSR count). The molecule has 0 aliphatic rings. The zero-order chi connectivity index (χ0) is 20.6. The molecule has 0 bridgehead atoms. The van der Waals surface area contributed by atoms with Gasteiger partial charge in [-0.2, -0.15) is 0 Å². The SMILES string of the molecule is CC(C)Oc1ccc(NC(=O)c2ccc(C(=O)NCc3cccnc3)cc2)cc1. The maximum Gasteiger partial charge on any atom is 0.255 e. The highest BCUT2D eigenvalue weighted by Gasteiger charge is 2.10. The molecular formula is C23H23N3O3. The van der Waals surface area contributed by atoms with Gasteiger partial charge in [0.2, 0.25) is 0 Å². The van der Waals surface area contributed by atoms with Crippen LogP contribution in [0.4, 0.5) is 5.69 Å². The Labute approximate surface area is 169 Å². The number of rotatable bonds is 7. The van der Waals surface area contributed by atoms with Gasteiger partial charge in [-0.05, 0) is 74.0 Å². The van der Waals surface area contributed by atoms with E-state index in [-0.39, 0.29) is 17.9 Å². The Morgan fingerprint density at radius 3 is 2.17 bits per heavy atom. The van der Waals surface area contributed by atoms with Crippen molar-refractivity contribution in [3.63, 3.8) is 0 Å². The molecule has 6 nitrogen and oxygen atoms in total. The van der Waals surface area contributed by atoms with Gasteiger partial charge in [-0.25, -0.2) is 0 Å². The van der Waals surface area contributed by atoms with Gasteiger partial charge < -0.3 is 15.4 Å². The van der Waals surface area contributed by atoms with Crippen LogP contribution in [0.15, 0.2) is 73.1 Å². The fourth-order valence-corrected chi connectivity index (χ4v) is 2.65. The van der Waals surface area contributed by atoms with E-state index in [1.807, 2.05) is 38.1 Å². The third-order valence-electron chi connectivity index (χ3n) is 4.07. The highest BCUT2D eigenvalue weighted by molar-refractivity contribution is 6.05. The Bertz CT molecular complexity index is 953. The first kappa shape index (κ1) is 20.1. The summed E-state index contributed by atoms with van der Waals surface area (Å²) < 4.78 is 5.59. The van der Waals surface area contributed by atoms with E-state index in [0.29, 0.717) is 23.4 Å². The summed E-state index contributed by atoms with van der Waals surface area (Å²) in [5, 5.41) is 5.66. The van der Waals surface area contributed by atoms with E-state index in [9.17, 15) is 9.59 Å². The van der Waals surface area contributed by atoms with Gasteiger partial charge >= 0.3 is 0 Å². The van der Waals surface area contributed by atoms with Crippen molar-refractivity contribution in [2.75, 3.05) is 5.32 Å². The van der Waals surface area contributed by atoms with Crippen LogP contribution < -0.4 is 15.4 Å². The van der Waals surface area contributed by atoms with Crippen molar-refractivity contribution in [2.45, 2.75) is 26.5 Å². The summed E-state index contributed by atoms with van der Waals surface area (Å²) in [6.07, 6.45) is 3.48. The summed E-state index contributed by atoms with van der Waals surface area (Å²) in [7, 11) is 0. The van der Waals surface area contributed by atoms with E-state index >= 15 is 0 Å². The number of pyridine rings is 1. The molecule has 0 unspecified atom stereocenters. The van der Waals surface area contributed by atoms with Gasteiger partial charge in [-0.1, -0.05) is 6.07 Å². The van der Waals surface area contributed by atoms with E-state index in [2.05, 4.69) is 15.6 Å². The van der Waals surface area contributed by atoms with Gasteiger partial charge in [0.15, 0.2) is 0 Å². The van der Waals surface area contributed by atoms with Crippen molar-refractivity contribution in [2.24, 2.45) is 0 Å². The minimum absolute atomic E-state index is 0.0931. The van der Waals surface area contributed by atoms with E-state index in [4.69, 9.17) is 4.74 Å². The number of benzene rings is 2. The minimum Gasteiger partial charge on any atom is -0.491 e. The highest BCUT2D eigenvalue weighted by atomic mass is 16.5. The second-order valence-corrected chi connectivity index (χ2v) is 6.77. The third kappa shape index (κ3) is 5.90. The molecule has 2 amide bonds. The average Bonchev–Trinajstić information content (AvgIpc) is 2.74. The summed E-state index contributed by atoms with van der Waals surface area (Å²) in [6, 6.07) is 17.4. The van der Waals surface area contributed by atoms with Gasteiger partial charge in [-0.3, -0.25) is 14.6 Å². The first-order chi connectivity index (χ1) is 14.0. The Kier molecular flexibility index (Phi) is 6.58. The highest BCUT2D eigenvalue weighted by Crippen LogP contribution is 2.18. The molecule has 0 radical (unpaired) electrons. The van der Waals surface area contributed by atoms with Crippen LogP contribution in [0.2, 0.25) is 0 Å². The molecule has 0 aliphatic heterocycles. The summed E-state index contributed by atoms with van der Waals surface area (Å²) in [4.78, 5) is 28.7. The van der Waals surface area contributed by atoms with Crippen molar-refractivity contribution >= 4 is 17.5 Å². The summed E-state index contributed by atoms with van der Waals surface area (Å²) >= 11 is 0. The molecule has 148 valence electrons. The standard InChI is InChI=1S/C23H23N3O3/c1-16(2)29-21-11-9-20(10-12-21)26-23(28)19-7-5-18(6-8-19)22(27)25-15-17-4-3-13-24-14-17/h3-14,16H,15H2,1-2H3,(H,25,27)(H,26,28). The van der Waals surface area contributed by atoms with Crippen LogP contribution in [0.25, 0.3) is 0 Å². The van der Waals surface area contributed by atoms with Crippen molar-refractivity contribution < 1.29 is 14.3 Å². The lowest BCUT2D eigenvalue weighted by Crippen LogP contribution is -2.23. The Morgan fingerprint density at radius 2 is 1.59 bits per heavy atom. The molecule has 0 saturated heterocycles. The molecule has 0 saturated carbocycles. The molecule has 0 spiro atoms. The second kappa shape index (κ2) is 9.50. The molecule has 0 fully saturated rings. The molecule has 0 aliphatic carbocycles. The number of amides is 2. The number of hydrogen-bond acceptors (Lipinski definition) is 4. The monoisotopic (exact) mass is 389 g/mol. The lowest BCUT2D eigenvalue weighted by atomic mass is 10.1. The van der Waals surface area contributed by atoms with Crippen LogP contribution in [-0.2, 0) is 6.54 Å². The lowest BCUT2D eigenvalue weighted by Gasteiger charge is -2.11. The predicted octanol–water partition coefficient (Wildman–Crippen LogP) is 4.05. The third-order valence-corrected chi connectivity index (χ3v) is 4.07. The van der Waals surface area contributed by atoms with E-state index in [1.54, 1.807) is 48.8 Å². The minimum atomic E-state index is -0.246. The molecule has 6 heteroatoms. The number of hydrogen-bond donors (Lipinski definition) is 2. The molecule has 3 aromatic rings. The van der Waals surface area contributed by atoms with Crippen LogP contribution in [0.1, 0.15) is 40.1 Å². The zero-order valence-electron chi connectivity index (χ0n) is 16.4. The molecular weight excluding hydrogens is 366 g/mol. The number of carbonyl (C=O) groups is 2. The maximum absolute atomic E-state index is 12.4. The number of nitrogens with zero attached hydrogens (tertiary/aromatic N) is 1. The molecule has 29 heavy (non-hydrogen) atoms. The first-order valence-corrected chi connectivity index (χ1v) is 9.36. The summed E-state index contributed by atoms with van der Waals surface area (Å²) in [5.41, 5.74) is 2.54. The fraction of sp³-hybridized carbons (Fsp3) is 0.174. The molecule has 2 aromatic carbocycles. The summed E-state index contributed by atoms with van der Waals surface area (Å²) in [6.45, 7) is 4.31. The van der Waals surface area contributed by atoms with Crippen molar-refractivity contribution in [3.05, 3.63) is 89.7 Å². The largest absolute Gasteiger partial charge is 0.491 e. The van der Waals surface area contributed by atoms with Gasteiger partial charge in [0.05, 0.1) is 6.10 Å². The molecule has 2 N–H and O–H groups in total. The lowest BCUT2D eigenvalue weighted by molar-refractivity contribution is 0.0949. The van der Waals surface area contributed by atoms with Gasteiger partial charge in [-0.15, -0.1) is 0 Å².